The molecule has 0 radical (unpaired) electrons. The van der Waals surface area contributed by atoms with Crippen LogP contribution in [-0.2, 0) is 10.0 Å². The topological polar surface area (TPSA) is 115 Å². The molecule has 0 amide bonds. The molecular formula is C14H24ClN3O4S. The summed E-state index contributed by atoms with van der Waals surface area (Å²) in [4.78, 5) is 10.3. The van der Waals surface area contributed by atoms with Crippen molar-refractivity contribution in [1.29, 1.82) is 0 Å². The first-order valence-electron chi connectivity index (χ1n) is 7.00. The summed E-state index contributed by atoms with van der Waals surface area (Å²) in [7, 11) is -3.90. The van der Waals surface area contributed by atoms with Crippen molar-refractivity contribution in [2.45, 2.75) is 44.6 Å². The van der Waals surface area contributed by atoms with Gasteiger partial charge < -0.3 is 5.73 Å². The minimum atomic E-state index is -3.90. The Morgan fingerprint density at radius 1 is 1.39 bits per heavy atom. The molecule has 1 atom stereocenters. The van der Waals surface area contributed by atoms with E-state index in [1.807, 2.05) is 13.8 Å². The lowest BCUT2D eigenvalue weighted by molar-refractivity contribution is -0.385. The first-order valence-corrected chi connectivity index (χ1v) is 8.49. The van der Waals surface area contributed by atoms with Crippen LogP contribution in [0.4, 0.5) is 5.69 Å². The number of hydrogen-bond acceptors (Lipinski definition) is 5. The van der Waals surface area contributed by atoms with E-state index in [2.05, 4.69) is 4.72 Å². The Balaban J connectivity index is 0.00000484. The molecule has 0 heterocycles. The Kier molecular flexibility index (Phi) is 7.62. The van der Waals surface area contributed by atoms with Gasteiger partial charge in [-0.2, -0.15) is 0 Å². The molecule has 0 saturated carbocycles. The summed E-state index contributed by atoms with van der Waals surface area (Å²) >= 11 is 0. The number of nitro benzene ring substituents is 1. The summed E-state index contributed by atoms with van der Waals surface area (Å²) in [6, 6.07) is 4.00. The number of nitrogens with zero attached hydrogens (tertiary/aromatic N) is 1. The van der Waals surface area contributed by atoms with Crippen molar-refractivity contribution < 1.29 is 13.3 Å². The lowest BCUT2D eigenvalue weighted by Crippen LogP contribution is -2.52. The van der Waals surface area contributed by atoms with Gasteiger partial charge in [0.15, 0.2) is 0 Å². The highest BCUT2D eigenvalue weighted by molar-refractivity contribution is 7.89. The maximum Gasteiger partial charge on any atom is 0.273 e. The second-order valence-electron chi connectivity index (χ2n) is 6.13. The predicted octanol–water partition coefficient (Wildman–Crippen LogP) is 2.37. The maximum atomic E-state index is 12.6. The lowest BCUT2D eigenvalue weighted by Gasteiger charge is -2.31. The molecule has 1 aromatic carbocycles. The number of nitro groups is 1. The summed E-state index contributed by atoms with van der Waals surface area (Å²) in [6.45, 7) is 7.24. The summed E-state index contributed by atoms with van der Waals surface area (Å²) in [5.41, 5.74) is 4.81. The van der Waals surface area contributed by atoms with Crippen molar-refractivity contribution in [3.05, 3.63) is 33.9 Å². The van der Waals surface area contributed by atoms with E-state index >= 15 is 0 Å². The van der Waals surface area contributed by atoms with Crippen molar-refractivity contribution in [2.24, 2.45) is 11.7 Å². The number of hydrogen-bond donors (Lipinski definition) is 2. The molecule has 1 unspecified atom stereocenters. The van der Waals surface area contributed by atoms with Crippen LogP contribution in [0.25, 0.3) is 0 Å². The molecule has 23 heavy (non-hydrogen) atoms. The zero-order valence-electron chi connectivity index (χ0n) is 13.7. The molecule has 3 N–H and O–H groups in total. The predicted molar refractivity (Wildman–Crippen MR) is 92.3 cm³/mol. The third-order valence-corrected chi connectivity index (χ3v) is 5.21. The molecule has 0 aliphatic heterocycles. The molecule has 0 aliphatic rings. The first-order chi connectivity index (χ1) is 10.0. The highest BCUT2D eigenvalue weighted by Gasteiger charge is 2.32. The summed E-state index contributed by atoms with van der Waals surface area (Å²) < 4.78 is 27.8. The number of sulfonamides is 1. The second kappa shape index (κ2) is 8.05. The Morgan fingerprint density at radius 2 is 1.96 bits per heavy atom. The number of rotatable bonds is 7. The Labute approximate surface area is 143 Å². The monoisotopic (exact) mass is 365 g/mol. The van der Waals surface area contributed by atoms with E-state index in [4.69, 9.17) is 5.73 Å². The van der Waals surface area contributed by atoms with Gasteiger partial charge in [-0.3, -0.25) is 10.1 Å². The van der Waals surface area contributed by atoms with Crippen LogP contribution in [0.5, 0.6) is 0 Å². The van der Waals surface area contributed by atoms with Crippen LogP contribution < -0.4 is 10.5 Å². The summed E-state index contributed by atoms with van der Waals surface area (Å²) in [6.07, 6.45) is 0.566. The van der Waals surface area contributed by atoms with Gasteiger partial charge in [0.25, 0.3) is 5.69 Å². The fourth-order valence-electron chi connectivity index (χ4n) is 2.54. The van der Waals surface area contributed by atoms with Gasteiger partial charge in [-0.25, -0.2) is 13.1 Å². The van der Waals surface area contributed by atoms with Gasteiger partial charge >= 0.3 is 0 Å². The average molecular weight is 366 g/mol. The van der Waals surface area contributed by atoms with Crippen molar-refractivity contribution in [3.63, 3.8) is 0 Å². The number of nitrogens with one attached hydrogen (secondary N) is 1. The van der Waals surface area contributed by atoms with Gasteiger partial charge in [0.2, 0.25) is 10.0 Å². The van der Waals surface area contributed by atoms with E-state index < -0.39 is 20.5 Å². The van der Waals surface area contributed by atoms with Crippen LogP contribution in [0.1, 0.15) is 32.8 Å². The van der Waals surface area contributed by atoms with Gasteiger partial charge in [-0.15, -0.1) is 12.4 Å². The van der Waals surface area contributed by atoms with Crippen molar-refractivity contribution in [2.75, 3.05) is 6.54 Å². The van der Waals surface area contributed by atoms with E-state index in [0.29, 0.717) is 6.42 Å². The van der Waals surface area contributed by atoms with Crippen LogP contribution in [0.3, 0.4) is 0 Å². The molecule has 1 rings (SSSR count). The van der Waals surface area contributed by atoms with Crippen LogP contribution >= 0.6 is 12.4 Å². The molecule has 132 valence electrons. The smallest absolute Gasteiger partial charge is 0.273 e. The van der Waals surface area contributed by atoms with E-state index in [1.54, 1.807) is 6.92 Å². The lowest BCUT2D eigenvalue weighted by atomic mass is 9.92. The van der Waals surface area contributed by atoms with Crippen molar-refractivity contribution in [1.82, 2.24) is 4.72 Å². The molecular weight excluding hydrogens is 342 g/mol. The fraction of sp³-hybridized carbons (Fsp3) is 0.571. The number of halogens is 1. The molecule has 1 aromatic rings. The number of nitrogens with two attached hydrogens (primary N) is 1. The van der Waals surface area contributed by atoms with E-state index in [-0.39, 0.29) is 41.0 Å². The quantitative estimate of drug-likeness (QED) is 0.568. The Morgan fingerprint density at radius 3 is 2.39 bits per heavy atom. The molecule has 0 bridgehead atoms. The molecule has 0 spiro atoms. The molecule has 9 heteroatoms. The van der Waals surface area contributed by atoms with Gasteiger partial charge in [0.05, 0.1) is 9.82 Å². The van der Waals surface area contributed by atoms with E-state index in [1.165, 1.54) is 25.1 Å². The largest absolute Gasteiger partial charge is 0.329 e. The summed E-state index contributed by atoms with van der Waals surface area (Å²) in [5.74, 6) is 0.252. The molecule has 0 aliphatic carbocycles. The maximum absolute atomic E-state index is 12.6. The highest BCUT2D eigenvalue weighted by atomic mass is 35.5. The summed E-state index contributed by atoms with van der Waals surface area (Å²) in [5, 5.41) is 11.0. The van der Waals surface area contributed by atoms with Crippen LogP contribution in [-0.4, -0.2) is 25.4 Å². The van der Waals surface area contributed by atoms with Crippen LogP contribution in [0.2, 0.25) is 0 Å². The third-order valence-electron chi connectivity index (χ3n) is 3.43. The van der Waals surface area contributed by atoms with E-state index in [9.17, 15) is 18.5 Å². The van der Waals surface area contributed by atoms with Gasteiger partial charge in [0, 0.05) is 23.7 Å². The van der Waals surface area contributed by atoms with E-state index in [0.717, 1.165) is 0 Å². The molecule has 0 fully saturated rings. The fourth-order valence-corrected chi connectivity index (χ4v) is 4.23. The second-order valence-corrected chi connectivity index (χ2v) is 7.78. The zero-order chi connectivity index (χ0) is 17.1. The molecule has 0 aromatic heterocycles. The number of benzene rings is 1. The minimum Gasteiger partial charge on any atom is -0.329 e. The van der Waals surface area contributed by atoms with Crippen molar-refractivity contribution >= 4 is 28.1 Å². The minimum absolute atomic E-state index is 0. The Bertz CT molecular complexity index is 664. The Hall–Kier alpha value is -1.22. The normalized spacial score (nSPS) is 14.2. The van der Waals surface area contributed by atoms with Crippen LogP contribution in [0, 0.1) is 23.0 Å². The van der Waals surface area contributed by atoms with Gasteiger partial charge in [-0.1, -0.05) is 19.9 Å². The first kappa shape index (κ1) is 21.8. The van der Waals surface area contributed by atoms with Crippen LogP contribution in [0.15, 0.2) is 23.1 Å². The van der Waals surface area contributed by atoms with Gasteiger partial charge in [-0.05, 0) is 32.3 Å². The average Bonchev–Trinajstić information content (AvgIpc) is 2.36. The van der Waals surface area contributed by atoms with Crippen molar-refractivity contribution in [3.8, 4) is 0 Å². The SMILES string of the molecule is Cc1c([N+](=O)[O-])cccc1S(=O)(=O)NC(C)(CN)CC(C)C.Cl. The molecule has 7 nitrogen and oxygen atoms in total. The zero-order valence-corrected chi connectivity index (χ0v) is 15.3. The highest BCUT2D eigenvalue weighted by Crippen LogP contribution is 2.26. The standard InChI is InChI=1S/C14H23N3O4S.ClH/c1-10(2)8-14(4,9-15)16-22(20,21)13-7-5-6-12(11(13)3)17(18)19;/h5-7,10,16H,8-9,15H2,1-4H3;1H. The third kappa shape index (κ3) is 5.42. The molecule has 0 saturated heterocycles. The van der Waals surface area contributed by atoms with Gasteiger partial charge in [0.1, 0.15) is 0 Å².